The van der Waals surface area contributed by atoms with E-state index in [4.69, 9.17) is 5.73 Å². The van der Waals surface area contributed by atoms with E-state index in [2.05, 4.69) is 15.3 Å². The molecule has 11 heteroatoms. The number of aromatic nitrogens is 2. The maximum Gasteiger partial charge on any atom is 0.317 e. The van der Waals surface area contributed by atoms with Crippen LogP contribution in [0.2, 0.25) is 0 Å². The number of rotatable bonds is 8. The molecule has 0 saturated carbocycles. The molecule has 2 aromatic heterocycles. The molecule has 1 fully saturated rings. The molecule has 34 heavy (non-hydrogen) atoms. The van der Waals surface area contributed by atoms with Gasteiger partial charge in [0.1, 0.15) is 16.9 Å². The Morgan fingerprint density at radius 2 is 1.97 bits per heavy atom. The summed E-state index contributed by atoms with van der Waals surface area (Å²) in [6.45, 7) is 1.78. The third-order valence-corrected chi connectivity index (χ3v) is 5.69. The van der Waals surface area contributed by atoms with E-state index in [9.17, 15) is 23.9 Å². The predicted octanol–water partition coefficient (Wildman–Crippen LogP) is 0.785. The molecule has 0 radical (unpaired) electrons. The molecule has 10 nitrogen and oxygen atoms in total. The number of H-pyrrole nitrogens is 1. The van der Waals surface area contributed by atoms with Crippen molar-refractivity contribution >= 4 is 23.0 Å². The van der Waals surface area contributed by atoms with Gasteiger partial charge in [0.2, 0.25) is 0 Å². The van der Waals surface area contributed by atoms with Gasteiger partial charge in [-0.25, -0.2) is 9.18 Å². The van der Waals surface area contributed by atoms with Gasteiger partial charge in [0, 0.05) is 45.5 Å². The van der Waals surface area contributed by atoms with E-state index in [-0.39, 0.29) is 49.1 Å². The quantitative estimate of drug-likeness (QED) is 0.385. The highest BCUT2D eigenvalue weighted by atomic mass is 19.1. The second-order valence-corrected chi connectivity index (χ2v) is 8.02. The number of amides is 3. The molecule has 4 rings (SSSR count). The summed E-state index contributed by atoms with van der Waals surface area (Å²) >= 11 is 0. The molecule has 3 heterocycles. The molecule has 1 aliphatic heterocycles. The summed E-state index contributed by atoms with van der Waals surface area (Å²) in [5.74, 6) is -1.54. The van der Waals surface area contributed by atoms with Gasteiger partial charge in [-0.15, -0.1) is 0 Å². The van der Waals surface area contributed by atoms with Gasteiger partial charge in [0.05, 0.1) is 5.52 Å². The first kappa shape index (κ1) is 23.2. The van der Waals surface area contributed by atoms with Gasteiger partial charge in [-0.3, -0.25) is 14.6 Å². The summed E-state index contributed by atoms with van der Waals surface area (Å²) in [4.78, 5) is 47.5. The van der Waals surface area contributed by atoms with Gasteiger partial charge >= 0.3 is 6.03 Å². The first-order valence-electron chi connectivity index (χ1n) is 10.9. The number of aromatic hydroxyl groups is 1. The highest BCUT2D eigenvalue weighted by Gasteiger charge is 2.26. The van der Waals surface area contributed by atoms with Crippen LogP contribution in [-0.4, -0.2) is 76.1 Å². The van der Waals surface area contributed by atoms with Crippen LogP contribution in [0.4, 0.5) is 9.18 Å². The number of carbonyl (C=O) groups is 2. The highest BCUT2D eigenvalue weighted by molar-refractivity contribution is 6.01. The molecule has 1 aromatic carbocycles. The van der Waals surface area contributed by atoms with Crippen LogP contribution in [-0.2, 0) is 6.42 Å². The Morgan fingerprint density at radius 3 is 2.65 bits per heavy atom. The SMILES string of the molecule is NCCN(CCN1CCNC1=O)C(=O)c1c(O)c2ncc(Cc3ccc(F)cc3)cc2[nH]c1=O. The third-order valence-electron chi connectivity index (χ3n) is 5.69. The second kappa shape index (κ2) is 9.87. The maximum atomic E-state index is 13.2. The fourth-order valence-electron chi connectivity index (χ4n) is 3.93. The number of aromatic amines is 1. The van der Waals surface area contributed by atoms with Crippen molar-refractivity contribution < 1.29 is 19.1 Å². The van der Waals surface area contributed by atoms with Crippen LogP contribution in [0.25, 0.3) is 11.0 Å². The van der Waals surface area contributed by atoms with Crippen LogP contribution in [0.5, 0.6) is 5.75 Å². The number of pyridine rings is 2. The normalized spacial score (nSPS) is 13.4. The minimum absolute atomic E-state index is 0.0809. The summed E-state index contributed by atoms with van der Waals surface area (Å²) in [5.41, 5.74) is 6.41. The Hall–Kier alpha value is -3.99. The van der Waals surface area contributed by atoms with Crippen molar-refractivity contribution in [1.82, 2.24) is 25.1 Å². The summed E-state index contributed by atoms with van der Waals surface area (Å²) < 4.78 is 13.1. The first-order valence-corrected chi connectivity index (χ1v) is 10.9. The molecule has 0 aliphatic carbocycles. The first-order chi connectivity index (χ1) is 16.4. The molecular formula is C23H25FN6O4. The third kappa shape index (κ3) is 4.84. The Kier molecular flexibility index (Phi) is 6.73. The zero-order chi connectivity index (χ0) is 24.2. The van der Waals surface area contributed by atoms with Crippen molar-refractivity contribution in [1.29, 1.82) is 0 Å². The lowest BCUT2D eigenvalue weighted by Gasteiger charge is -2.25. The van der Waals surface area contributed by atoms with Gasteiger partial charge in [-0.05, 0) is 35.7 Å². The maximum absolute atomic E-state index is 13.2. The number of benzene rings is 1. The lowest BCUT2D eigenvalue weighted by Crippen LogP contribution is -2.43. The lowest BCUT2D eigenvalue weighted by molar-refractivity contribution is 0.0744. The Bertz CT molecular complexity index is 1280. The van der Waals surface area contributed by atoms with Gasteiger partial charge in [-0.1, -0.05) is 12.1 Å². The number of nitrogens with two attached hydrogens (primary N) is 1. The zero-order valence-electron chi connectivity index (χ0n) is 18.4. The van der Waals surface area contributed by atoms with Gasteiger partial charge in [0.15, 0.2) is 5.75 Å². The van der Waals surface area contributed by atoms with E-state index >= 15 is 0 Å². The monoisotopic (exact) mass is 468 g/mol. The van der Waals surface area contributed by atoms with Crippen molar-refractivity contribution in [2.75, 3.05) is 39.3 Å². The van der Waals surface area contributed by atoms with Crippen LogP contribution in [0.3, 0.4) is 0 Å². The molecule has 178 valence electrons. The molecule has 0 spiro atoms. The molecule has 5 N–H and O–H groups in total. The zero-order valence-corrected chi connectivity index (χ0v) is 18.4. The standard InChI is InChI=1S/C23H25FN6O4/c24-16-3-1-14(2-4-16)11-15-12-17-19(27-13-15)20(31)18(21(32)28-17)22(33)29(7-5-25)9-10-30-8-6-26-23(30)34/h1-4,12-13H,5-11,25H2,(H,26,34)(H2,28,31,32). The summed E-state index contributed by atoms with van der Waals surface area (Å²) in [7, 11) is 0. The fraction of sp³-hybridized carbons (Fsp3) is 0.304. The number of urea groups is 1. The molecule has 1 aliphatic rings. The predicted molar refractivity (Wildman–Crippen MR) is 123 cm³/mol. The average Bonchev–Trinajstić information content (AvgIpc) is 3.22. The summed E-state index contributed by atoms with van der Waals surface area (Å²) in [5, 5.41) is 13.5. The fourth-order valence-corrected chi connectivity index (χ4v) is 3.93. The second-order valence-electron chi connectivity index (χ2n) is 8.02. The van der Waals surface area contributed by atoms with Crippen molar-refractivity contribution in [2.45, 2.75) is 6.42 Å². The van der Waals surface area contributed by atoms with E-state index < -0.39 is 22.8 Å². The van der Waals surface area contributed by atoms with Crippen molar-refractivity contribution in [3.63, 3.8) is 0 Å². The van der Waals surface area contributed by atoms with Crippen LogP contribution in [0, 0.1) is 5.82 Å². The molecule has 0 atom stereocenters. The molecule has 0 bridgehead atoms. The highest BCUT2D eigenvalue weighted by Crippen LogP contribution is 2.25. The number of fused-ring (bicyclic) bond motifs is 1. The minimum atomic E-state index is -0.753. The summed E-state index contributed by atoms with van der Waals surface area (Å²) in [6, 6.07) is 7.47. The van der Waals surface area contributed by atoms with Crippen LogP contribution in [0.15, 0.2) is 41.3 Å². The Morgan fingerprint density at radius 1 is 1.21 bits per heavy atom. The van der Waals surface area contributed by atoms with E-state index in [0.717, 1.165) is 11.1 Å². The average molecular weight is 468 g/mol. The lowest BCUT2D eigenvalue weighted by atomic mass is 10.1. The van der Waals surface area contributed by atoms with Gasteiger partial charge in [0.25, 0.3) is 11.5 Å². The number of halogens is 1. The van der Waals surface area contributed by atoms with E-state index in [0.29, 0.717) is 19.5 Å². The molecule has 3 amide bonds. The molecule has 1 saturated heterocycles. The number of nitrogens with zero attached hydrogens (tertiary/aromatic N) is 3. The molecular weight excluding hydrogens is 443 g/mol. The van der Waals surface area contributed by atoms with E-state index in [1.54, 1.807) is 23.1 Å². The summed E-state index contributed by atoms with van der Waals surface area (Å²) in [6.07, 6.45) is 1.97. The van der Waals surface area contributed by atoms with Gasteiger partial charge < -0.3 is 30.9 Å². The Labute approximate surface area is 194 Å². The number of carbonyl (C=O) groups excluding carboxylic acids is 2. The van der Waals surface area contributed by atoms with Gasteiger partial charge in [-0.2, -0.15) is 0 Å². The van der Waals surface area contributed by atoms with Crippen LogP contribution >= 0.6 is 0 Å². The van der Waals surface area contributed by atoms with E-state index in [1.807, 2.05) is 0 Å². The Balaban J connectivity index is 1.59. The van der Waals surface area contributed by atoms with Crippen molar-refractivity contribution in [2.24, 2.45) is 5.73 Å². The van der Waals surface area contributed by atoms with E-state index in [1.165, 1.54) is 23.2 Å². The van der Waals surface area contributed by atoms with Crippen molar-refractivity contribution in [3.05, 3.63) is 69.4 Å². The minimum Gasteiger partial charge on any atom is -0.505 e. The number of hydrogen-bond acceptors (Lipinski definition) is 6. The van der Waals surface area contributed by atoms with Crippen molar-refractivity contribution in [3.8, 4) is 5.75 Å². The smallest absolute Gasteiger partial charge is 0.317 e. The topological polar surface area (TPSA) is 145 Å². The van der Waals surface area contributed by atoms with Crippen LogP contribution in [0.1, 0.15) is 21.5 Å². The van der Waals surface area contributed by atoms with Crippen LogP contribution < -0.4 is 16.6 Å². The number of nitrogens with one attached hydrogen (secondary N) is 2. The molecule has 3 aromatic rings. The molecule has 0 unspecified atom stereocenters. The number of hydrogen-bond donors (Lipinski definition) is 4. The largest absolute Gasteiger partial charge is 0.505 e.